The van der Waals surface area contributed by atoms with Crippen LogP contribution in [0.15, 0.2) is 48.5 Å². The van der Waals surface area contributed by atoms with Crippen LogP contribution in [0.5, 0.6) is 0 Å². The minimum absolute atomic E-state index is 0.133. The van der Waals surface area contributed by atoms with Crippen LogP contribution in [0.1, 0.15) is 30.9 Å². The highest BCUT2D eigenvalue weighted by atomic mass is 32.2. The van der Waals surface area contributed by atoms with E-state index in [1.54, 1.807) is 12.1 Å². The highest BCUT2D eigenvalue weighted by molar-refractivity contribution is 7.93. The molecule has 2 N–H and O–H groups in total. The number of nitrogens with one attached hydrogen (secondary N) is 2. The van der Waals surface area contributed by atoms with Crippen LogP contribution in [0, 0.1) is 0 Å². The van der Waals surface area contributed by atoms with Gasteiger partial charge in [-0.3, -0.25) is 4.72 Å². The van der Waals surface area contributed by atoms with Crippen LogP contribution in [0.2, 0.25) is 0 Å². The standard InChI is InChI=1S/C18H21F3N2O2S/c1-2-3-4-14-5-9-16(10-6-14)22-13-15-7-11-17(12-8-15)23-26(24,25)18(19,20)21/h5-12,22-23H,2-4,13H2,1H3. The largest absolute Gasteiger partial charge is 0.516 e. The van der Waals surface area contributed by atoms with Gasteiger partial charge < -0.3 is 5.32 Å². The predicted octanol–water partition coefficient (Wildman–Crippen LogP) is 4.90. The van der Waals surface area contributed by atoms with Crippen molar-refractivity contribution < 1.29 is 21.6 Å². The molecule has 0 heterocycles. The molecule has 0 atom stereocenters. The molecule has 0 fully saturated rings. The number of aryl methyl sites for hydroxylation is 1. The van der Waals surface area contributed by atoms with E-state index in [0.717, 1.165) is 30.5 Å². The van der Waals surface area contributed by atoms with E-state index in [1.807, 2.05) is 12.1 Å². The molecule has 2 aromatic rings. The first kappa shape index (κ1) is 20.1. The van der Waals surface area contributed by atoms with Crippen LogP contribution < -0.4 is 10.0 Å². The molecule has 2 rings (SSSR count). The second kappa shape index (κ2) is 8.44. The highest BCUT2D eigenvalue weighted by Gasteiger charge is 2.45. The smallest absolute Gasteiger partial charge is 0.381 e. The molecular weight excluding hydrogens is 365 g/mol. The molecular formula is C18H21F3N2O2S. The van der Waals surface area contributed by atoms with Gasteiger partial charge in [0.05, 0.1) is 0 Å². The Morgan fingerprint density at radius 2 is 1.42 bits per heavy atom. The van der Waals surface area contributed by atoms with Gasteiger partial charge in [0, 0.05) is 17.9 Å². The zero-order chi connectivity index (χ0) is 19.2. The fourth-order valence-electron chi connectivity index (χ4n) is 2.28. The van der Waals surface area contributed by atoms with Crippen molar-refractivity contribution in [3.63, 3.8) is 0 Å². The average molecular weight is 386 g/mol. The molecule has 2 aromatic carbocycles. The maximum atomic E-state index is 12.3. The summed E-state index contributed by atoms with van der Waals surface area (Å²) in [6.07, 6.45) is 3.35. The lowest BCUT2D eigenvalue weighted by atomic mass is 10.1. The van der Waals surface area contributed by atoms with Gasteiger partial charge >= 0.3 is 15.5 Å². The first-order valence-corrected chi connectivity index (χ1v) is 9.70. The second-order valence-electron chi connectivity index (χ2n) is 5.90. The Hall–Kier alpha value is -2.22. The Balaban J connectivity index is 1.91. The van der Waals surface area contributed by atoms with Crippen molar-refractivity contribution in [2.75, 3.05) is 10.0 Å². The van der Waals surface area contributed by atoms with E-state index in [-0.39, 0.29) is 5.69 Å². The number of anilines is 2. The van der Waals surface area contributed by atoms with E-state index in [9.17, 15) is 21.6 Å². The van der Waals surface area contributed by atoms with E-state index in [4.69, 9.17) is 0 Å². The maximum absolute atomic E-state index is 12.3. The highest BCUT2D eigenvalue weighted by Crippen LogP contribution is 2.25. The minimum Gasteiger partial charge on any atom is -0.381 e. The van der Waals surface area contributed by atoms with E-state index in [2.05, 4.69) is 24.4 Å². The molecule has 0 unspecified atom stereocenters. The Morgan fingerprint density at radius 3 is 1.96 bits per heavy atom. The second-order valence-corrected chi connectivity index (χ2v) is 7.58. The molecule has 0 spiro atoms. The first-order valence-electron chi connectivity index (χ1n) is 8.22. The van der Waals surface area contributed by atoms with Crippen molar-refractivity contribution >= 4 is 21.4 Å². The molecule has 0 saturated heterocycles. The molecule has 0 aliphatic carbocycles. The third kappa shape index (κ3) is 5.66. The van der Waals surface area contributed by atoms with Gasteiger partial charge in [0.2, 0.25) is 0 Å². The van der Waals surface area contributed by atoms with Crippen molar-refractivity contribution in [2.24, 2.45) is 0 Å². The summed E-state index contributed by atoms with van der Waals surface area (Å²) in [5.74, 6) is 0. The van der Waals surface area contributed by atoms with Gasteiger partial charge in [0.1, 0.15) is 0 Å². The number of benzene rings is 2. The van der Waals surface area contributed by atoms with Crippen LogP contribution >= 0.6 is 0 Å². The van der Waals surface area contributed by atoms with E-state index < -0.39 is 15.5 Å². The number of sulfonamides is 1. The van der Waals surface area contributed by atoms with Crippen LogP contribution in [0.3, 0.4) is 0 Å². The number of hydrogen-bond acceptors (Lipinski definition) is 3. The Kier molecular flexibility index (Phi) is 6.52. The van der Waals surface area contributed by atoms with Crippen LogP contribution in [0.25, 0.3) is 0 Å². The van der Waals surface area contributed by atoms with Gasteiger partial charge in [-0.15, -0.1) is 0 Å². The normalized spacial score (nSPS) is 12.0. The number of unbranched alkanes of at least 4 members (excludes halogenated alkanes) is 1. The van der Waals surface area contributed by atoms with Gasteiger partial charge in [-0.1, -0.05) is 37.6 Å². The monoisotopic (exact) mass is 386 g/mol. The summed E-state index contributed by atoms with van der Waals surface area (Å²) in [6, 6.07) is 13.8. The third-order valence-corrected chi connectivity index (χ3v) is 4.89. The lowest BCUT2D eigenvalue weighted by Crippen LogP contribution is -2.29. The SMILES string of the molecule is CCCCc1ccc(NCc2ccc(NS(=O)(=O)C(F)(F)F)cc2)cc1. The summed E-state index contributed by atoms with van der Waals surface area (Å²) in [6.45, 7) is 2.62. The molecule has 0 aliphatic rings. The van der Waals surface area contributed by atoms with Crippen LogP contribution in [-0.4, -0.2) is 13.9 Å². The Labute approximate surface area is 151 Å². The van der Waals surface area contributed by atoms with Gasteiger partial charge in [-0.05, 0) is 48.2 Å². The zero-order valence-corrected chi connectivity index (χ0v) is 15.1. The fraction of sp³-hybridized carbons (Fsp3) is 0.333. The van der Waals surface area contributed by atoms with E-state index >= 15 is 0 Å². The number of hydrogen-bond donors (Lipinski definition) is 2. The van der Waals surface area contributed by atoms with Crippen molar-refractivity contribution in [1.29, 1.82) is 0 Å². The molecule has 0 radical (unpaired) electrons. The summed E-state index contributed by atoms with van der Waals surface area (Å²) >= 11 is 0. The van der Waals surface area contributed by atoms with Crippen LogP contribution in [-0.2, 0) is 23.0 Å². The molecule has 142 valence electrons. The van der Waals surface area contributed by atoms with Crippen molar-refractivity contribution in [1.82, 2.24) is 0 Å². The Morgan fingerprint density at radius 1 is 0.885 bits per heavy atom. The first-order chi connectivity index (χ1) is 12.2. The molecule has 0 aliphatic heterocycles. The molecule has 0 bridgehead atoms. The van der Waals surface area contributed by atoms with Gasteiger partial charge in [-0.2, -0.15) is 21.6 Å². The molecule has 26 heavy (non-hydrogen) atoms. The van der Waals surface area contributed by atoms with Gasteiger partial charge in [-0.25, -0.2) is 0 Å². The van der Waals surface area contributed by atoms with Crippen LogP contribution in [0.4, 0.5) is 24.5 Å². The quantitative estimate of drug-likeness (QED) is 0.678. The topological polar surface area (TPSA) is 58.2 Å². The van der Waals surface area contributed by atoms with Crippen molar-refractivity contribution in [3.05, 3.63) is 59.7 Å². The molecule has 0 aromatic heterocycles. The summed E-state index contributed by atoms with van der Waals surface area (Å²) in [4.78, 5) is 0. The summed E-state index contributed by atoms with van der Waals surface area (Å²) in [5, 5.41) is 3.22. The van der Waals surface area contributed by atoms with Crippen molar-refractivity contribution in [3.8, 4) is 0 Å². The summed E-state index contributed by atoms with van der Waals surface area (Å²) in [7, 11) is -5.40. The third-order valence-electron chi connectivity index (χ3n) is 3.78. The van der Waals surface area contributed by atoms with Gasteiger partial charge in [0.25, 0.3) is 0 Å². The average Bonchev–Trinajstić information content (AvgIpc) is 2.59. The maximum Gasteiger partial charge on any atom is 0.516 e. The molecule has 8 heteroatoms. The number of halogens is 3. The number of alkyl halides is 3. The lowest BCUT2D eigenvalue weighted by Gasteiger charge is -2.11. The van der Waals surface area contributed by atoms with E-state index in [0.29, 0.717) is 6.54 Å². The predicted molar refractivity (Wildman–Crippen MR) is 97.4 cm³/mol. The molecule has 0 amide bonds. The van der Waals surface area contributed by atoms with E-state index in [1.165, 1.54) is 22.4 Å². The zero-order valence-electron chi connectivity index (χ0n) is 14.3. The summed E-state index contributed by atoms with van der Waals surface area (Å²) < 4.78 is 60.7. The number of rotatable bonds is 8. The lowest BCUT2D eigenvalue weighted by molar-refractivity contribution is -0.0429. The fourth-order valence-corrected chi connectivity index (χ4v) is 2.84. The Bertz CT molecular complexity index is 802. The van der Waals surface area contributed by atoms with Crippen molar-refractivity contribution in [2.45, 2.75) is 38.2 Å². The minimum atomic E-state index is -5.40. The summed E-state index contributed by atoms with van der Waals surface area (Å²) in [5.41, 5.74) is -2.44. The van der Waals surface area contributed by atoms with Gasteiger partial charge in [0.15, 0.2) is 0 Å². The molecule has 4 nitrogen and oxygen atoms in total. The molecule has 0 saturated carbocycles.